The monoisotopic (exact) mass is 259 g/mol. The highest BCUT2D eigenvalue weighted by atomic mass is 16.5. The van der Waals surface area contributed by atoms with Crippen molar-refractivity contribution in [2.45, 2.75) is 44.6 Å². The second kappa shape index (κ2) is 9.30. The third-order valence-corrected chi connectivity index (χ3v) is 3.33. The molecule has 0 unspecified atom stereocenters. The molecule has 1 spiro atoms. The van der Waals surface area contributed by atoms with E-state index in [4.69, 9.17) is 4.74 Å². The van der Waals surface area contributed by atoms with Crippen LogP contribution < -0.4 is 11.5 Å². The number of piperidine rings is 1. The Morgan fingerprint density at radius 1 is 1.17 bits per heavy atom. The van der Waals surface area contributed by atoms with Gasteiger partial charge in [0.25, 0.3) is 0 Å². The van der Waals surface area contributed by atoms with Gasteiger partial charge in [0.05, 0.1) is 5.60 Å². The van der Waals surface area contributed by atoms with Crippen LogP contribution in [0.3, 0.4) is 0 Å². The first-order valence-electron chi connectivity index (χ1n) is 6.70. The fourth-order valence-electron chi connectivity index (χ4n) is 2.33. The molecule has 2 heterocycles. The SMILES string of the molecule is CC(N)=O.CN.CN1CCC2(CCCCO2)CC1. The summed E-state index contributed by atoms with van der Waals surface area (Å²) in [6, 6.07) is 0. The van der Waals surface area contributed by atoms with Gasteiger partial charge in [0.1, 0.15) is 0 Å². The van der Waals surface area contributed by atoms with Crippen molar-refractivity contribution in [3.63, 3.8) is 0 Å². The predicted octanol–water partition coefficient (Wildman–Crippen LogP) is 0.718. The summed E-state index contributed by atoms with van der Waals surface area (Å²) in [6.45, 7) is 4.75. The van der Waals surface area contributed by atoms with Crippen LogP contribution in [0.25, 0.3) is 0 Å². The predicted molar refractivity (Wildman–Crippen MR) is 74.2 cm³/mol. The van der Waals surface area contributed by atoms with E-state index in [0.29, 0.717) is 5.60 Å². The van der Waals surface area contributed by atoms with Gasteiger partial charge >= 0.3 is 0 Å². The maximum absolute atomic E-state index is 9.22. The summed E-state index contributed by atoms with van der Waals surface area (Å²) in [6.07, 6.45) is 6.47. The Labute approximate surface area is 111 Å². The number of nitrogens with two attached hydrogens (primary N) is 2. The number of amides is 1. The molecule has 0 bridgehead atoms. The zero-order valence-electron chi connectivity index (χ0n) is 12.1. The van der Waals surface area contributed by atoms with Gasteiger partial charge in [0.2, 0.25) is 5.91 Å². The molecule has 2 aliphatic rings. The fraction of sp³-hybridized carbons (Fsp3) is 0.923. The molecule has 0 aromatic carbocycles. The van der Waals surface area contributed by atoms with Crippen LogP contribution in [0.5, 0.6) is 0 Å². The Kier molecular flexibility index (Phi) is 8.97. The van der Waals surface area contributed by atoms with Gasteiger partial charge in [-0.1, -0.05) is 0 Å². The van der Waals surface area contributed by atoms with Crippen LogP contribution in [0.15, 0.2) is 0 Å². The first-order chi connectivity index (χ1) is 8.54. The summed E-state index contributed by atoms with van der Waals surface area (Å²) in [7, 11) is 3.70. The van der Waals surface area contributed by atoms with Gasteiger partial charge in [-0.2, -0.15) is 0 Å². The molecule has 2 aliphatic heterocycles. The molecule has 2 saturated heterocycles. The summed E-state index contributed by atoms with van der Waals surface area (Å²) >= 11 is 0. The minimum absolute atomic E-state index is 0.296. The van der Waals surface area contributed by atoms with Gasteiger partial charge in [0.15, 0.2) is 0 Å². The van der Waals surface area contributed by atoms with Gasteiger partial charge in [0, 0.05) is 26.6 Å². The van der Waals surface area contributed by atoms with E-state index in [1.54, 1.807) is 0 Å². The van der Waals surface area contributed by atoms with Crippen LogP contribution in [0.1, 0.15) is 39.0 Å². The van der Waals surface area contributed by atoms with Crippen LogP contribution >= 0.6 is 0 Å². The van der Waals surface area contributed by atoms with Gasteiger partial charge in [-0.05, 0) is 46.2 Å². The molecule has 1 amide bonds. The quantitative estimate of drug-likeness (QED) is 0.671. The molecule has 108 valence electrons. The molecule has 2 fully saturated rings. The number of likely N-dealkylation sites (tertiary alicyclic amines) is 1. The van der Waals surface area contributed by atoms with Crippen LogP contribution in [-0.2, 0) is 9.53 Å². The van der Waals surface area contributed by atoms with Gasteiger partial charge in [-0.3, -0.25) is 4.79 Å². The lowest BCUT2D eigenvalue weighted by Gasteiger charge is -2.43. The van der Waals surface area contributed by atoms with E-state index < -0.39 is 0 Å². The van der Waals surface area contributed by atoms with E-state index in [9.17, 15) is 4.79 Å². The zero-order valence-corrected chi connectivity index (χ0v) is 12.1. The first kappa shape index (κ1) is 17.4. The average Bonchev–Trinajstić information content (AvgIpc) is 2.36. The number of ether oxygens (including phenoxy) is 1. The van der Waals surface area contributed by atoms with Gasteiger partial charge in [-0.15, -0.1) is 0 Å². The first-order valence-corrected chi connectivity index (χ1v) is 6.70. The van der Waals surface area contributed by atoms with Crippen LogP contribution in [0, 0.1) is 0 Å². The molecule has 2 rings (SSSR count). The summed E-state index contributed by atoms with van der Waals surface area (Å²) < 4.78 is 5.93. The van der Waals surface area contributed by atoms with Crippen molar-refractivity contribution in [3.05, 3.63) is 0 Å². The Morgan fingerprint density at radius 3 is 2.06 bits per heavy atom. The van der Waals surface area contributed by atoms with Crippen LogP contribution in [0.4, 0.5) is 0 Å². The largest absolute Gasteiger partial charge is 0.375 e. The van der Waals surface area contributed by atoms with Crippen molar-refractivity contribution >= 4 is 5.91 Å². The average molecular weight is 259 g/mol. The van der Waals surface area contributed by atoms with Crippen molar-refractivity contribution < 1.29 is 9.53 Å². The molecular weight excluding hydrogens is 230 g/mol. The molecule has 0 radical (unpaired) electrons. The molecule has 0 aromatic heterocycles. The van der Waals surface area contributed by atoms with Crippen molar-refractivity contribution in [1.29, 1.82) is 0 Å². The van der Waals surface area contributed by atoms with Crippen molar-refractivity contribution in [1.82, 2.24) is 4.90 Å². The summed E-state index contributed by atoms with van der Waals surface area (Å²) in [5.74, 6) is -0.333. The molecule has 0 atom stereocenters. The van der Waals surface area contributed by atoms with E-state index in [2.05, 4.69) is 23.4 Å². The topological polar surface area (TPSA) is 81.6 Å². The van der Waals surface area contributed by atoms with Crippen LogP contribution in [0.2, 0.25) is 0 Å². The van der Waals surface area contributed by atoms with Crippen molar-refractivity contribution in [2.24, 2.45) is 11.5 Å². The minimum atomic E-state index is -0.333. The Bertz CT molecular complexity index is 214. The highest BCUT2D eigenvalue weighted by Crippen LogP contribution is 2.34. The molecule has 4 N–H and O–H groups in total. The second-order valence-electron chi connectivity index (χ2n) is 4.90. The van der Waals surface area contributed by atoms with E-state index in [1.807, 2.05) is 0 Å². The number of hydrogen-bond acceptors (Lipinski definition) is 4. The highest BCUT2D eigenvalue weighted by molar-refractivity contribution is 5.70. The standard InChI is InChI=1S/C10H19NO.C2H5NO.CH5N/c1-11-7-5-10(6-8-11)4-2-3-9-12-10;1-2(3)4;1-2/h2-9H2,1H3;1H3,(H2,3,4);2H2,1H3. The molecule has 0 aromatic rings. The van der Waals surface area contributed by atoms with Gasteiger partial charge < -0.3 is 21.1 Å². The summed E-state index contributed by atoms with van der Waals surface area (Å²) in [5.41, 5.74) is 9.27. The highest BCUT2D eigenvalue weighted by Gasteiger charge is 2.35. The molecule has 0 saturated carbocycles. The van der Waals surface area contributed by atoms with E-state index in [1.165, 1.54) is 59.2 Å². The van der Waals surface area contributed by atoms with Crippen LogP contribution in [-0.4, -0.2) is 50.2 Å². The van der Waals surface area contributed by atoms with E-state index in [0.717, 1.165) is 6.61 Å². The van der Waals surface area contributed by atoms with Crippen molar-refractivity contribution in [2.75, 3.05) is 33.8 Å². The number of hydrogen-bond donors (Lipinski definition) is 2. The normalized spacial score (nSPS) is 22.2. The fourth-order valence-corrected chi connectivity index (χ4v) is 2.33. The number of primary amides is 1. The maximum Gasteiger partial charge on any atom is 0.214 e. The van der Waals surface area contributed by atoms with Crippen molar-refractivity contribution in [3.8, 4) is 0 Å². The van der Waals surface area contributed by atoms with E-state index >= 15 is 0 Å². The molecule has 5 heteroatoms. The summed E-state index contributed by atoms with van der Waals surface area (Å²) in [5, 5.41) is 0. The maximum atomic E-state index is 9.22. The lowest BCUT2D eigenvalue weighted by Crippen LogP contribution is -2.46. The Hall–Kier alpha value is -0.650. The number of rotatable bonds is 0. The number of carbonyl (C=O) groups excluding carboxylic acids is 1. The lowest BCUT2D eigenvalue weighted by atomic mass is 9.85. The Balaban J connectivity index is 0.000000415. The second-order valence-corrected chi connectivity index (χ2v) is 4.90. The summed E-state index contributed by atoms with van der Waals surface area (Å²) in [4.78, 5) is 11.6. The minimum Gasteiger partial charge on any atom is -0.375 e. The van der Waals surface area contributed by atoms with Gasteiger partial charge in [-0.25, -0.2) is 0 Å². The molecule has 0 aliphatic carbocycles. The lowest BCUT2D eigenvalue weighted by molar-refractivity contribution is -0.115. The third-order valence-electron chi connectivity index (χ3n) is 3.33. The number of carbonyl (C=O) groups is 1. The molecule has 18 heavy (non-hydrogen) atoms. The Morgan fingerprint density at radius 2 is 1.67 bits per heavy atom. The molecular formula is C13H29N3O2. The zero-order chi connectivity index (χ0) is 14.0. The number of nitrogens with zero attached hydrogens (tertiary/aromatic N) is 1. The molecule has 5 nitrogen and oxygen atoms in total. The third kappa shape index (κ3) is 6.93. The van der Waals surface area contributed by atoms with E-state index in [-0.39, 0.29) is 5.91 Å². The smallest absolute Gasteiger partial charge is 0.214 e.